The van der Waals surface area contributed by atoms with Gasteiger partial charge in [-0.25, -0.2) is 0 Å². The summed E-state index contributed by atoms with van der Waals surface area (Å²) in [6.07, 6.45) is -4.13. The standard InChI is InChI=1S/C18H23F3N2O2.C2H6/c1-16(2)14-8-10-7-13(24)12(22-4)9-11(10)17(16,3)5-6-23(14)15(25)18(19,20)21;1-2/h7,9,14,22,24H,5-6,8H2,1-4H3;1-2H3/t14-,17?;/m1./s1. The van der Waals surface area contributed by atoms with Crippen molar-refractivity contribution >= 4 is 11.6 Å². The number of carbonyl (C=O) groups excluding carboxylic acids is 1. The number of fused-ring (bicyclic) bond motifs is 4. The van der Waals surface area contributed by atoms with E-state index in [1.807, 2.05) is 40.7 Å². The lowest BCUT2D eigenvalue weighted by Gasteiger charge is -2.60. The van der Waals surface area contributed by atoms with Gasteiger partial charge in [0.25, 0.3) is 0 Å². The van der Waals surface area contributed by atoms with Gasteiger partial charge in [0, 0.05) is 25.0 Å². The molecule has 1 aromatic rings. The second kappa shape index (κ2) is 6.91. The zero-order chi connectivity index (χ0) is 20.8. The fourth-order valence-corrected chi connectivity index (χ4v) is 4.56. The number of rotatable bonds is 1. The topological polar surface area (TPSA) is 52.6 Å². The number of phenolic OH excluding ortho intramolecular Hbond substituents is 1. The molecule has 7 heteroatoms. The first kappa shape index (κ1) is 21.4. The molecular formula is C20H29F3N2O2. The number of benzene rings is 1. The molecule has 2 atom stereocenters. The van der Waals surface area contributed by atoms with Crippen molar-refractivity contribution in [3.63, 3.8) is 0 Å². The number of likely N-dealkylation sites (tertiary alicyclic amines) is 1. The largest absolute Gasteiger partial charge is 0.506 e. The smallest absolute Gasteiger partial charge is 0.471 e. The van der Waals surface area contributed by atoms with Crippen LogP contribution < -0.4 is 5.32 Å². The van der Waals surface area contributed by atoms with Crippen LogP contribution in [0.3, 0.4) is 0 Å². The average Bonchev–Trinajstić information content (AvgIpc) is 2.58. The number of amides is 1. The molecule has 1 fully saturated rings. The summed E-state index contributed by atoms with van der Waals surface area (Å²) in [5.41, 5.74) is 1.54. The van der Waals surface area contributed by atoms with E-state index >= 15 is 0 Å². The minimum atomic E-state index is -4.87. The van der Waals surface area contributed by atoms with Crippen molar-refractivity contribution in [3.05, 3.63) is 23.3 Å². The Balaban J connectivity index is 0.00000126. The monoisotopic (exact) mass is 386 g/mol. The van der Waals surface area contributed by atoms with E-state index in [-0.39, 0.29) is 17.7 Å². The van der Waals surface area contributed by atoms with Gasteiger partial charge < -0.3 is 15.3 Å². The Morgan fingerprint density at radius 3 is 2.37 bits per heavy atom. The molecule has 0 spiro atoms. The number of nitrogens with one attached hydrogen (secondary N) is 1. The number of halogens is 3. The normalized spacial score (nSPS) is 25.8. The Bertz CT molecular complexity index is 731. The lowest BCUT2D eigenvalue weighted by molar-refractivity contribution is -0.195. The Morgan fingerprint density at radius 1 is 1.26 bits per heavy atom. The number of hydrogen-bond acceptors (Lipinski definition) is 3. The molecule has 1 aliphatic heterocycles. The summed E-state index contributed by atoms with van der Waals surface area (Å²) in [5.74, 6) is -1.71. The highest BCUT2D eigenvalue weighted by molar-refractivity contribution is 5.82. The molecule has 2 N–H and O–H groups in total. The maximum Gasteiger partial charge on any atom is 0.471 e. The highest BCUT2D eigenvalue weighted by Gasteiger charge is 2.59. The fraction of sp³-hybridized carbons (Fsp3) is 0.650. The SMILES string of the molecule is CC.CNc1cc2c(cc1O)C[C@H]1N(C(=O)C(F)(F)F)CCC2(C)C1(C)C. The van der Waals surface area contributed by atoms with Gasteiger partial charge in [0.1, 0.15) is 5.75 Å². The van der Waals surface area contributed by atoms with Crippen molar-refractivity contribution < 1.29 is 23.1 Å². The van der Waals surface area contributed by atoms with Crippen LogP contribution in [0.2, 0.25) is 0 Å². The Morgan fingerprint density at radius 2 is 1.85 bits per heavy atom. The van der Waals surface area contributed by atoms with Gasteiger partial charge in [0.05, 0.1) is 5.69 Å². The van der Waals surface area contributed by atoms with Crippen LogP contribution in [0, 0.1) is 5.41 Å². The second-order valence-electron chi connectivity index (χ2n) is 7.80. The summed E-state index contributed by atoms with van der Waals surface area (Å²) in [4.78, 5) is 12.9. The minimum Gasteiger partial charge on any atom is -0.506 e. The predicted octanol–water partition coefficient (Wildman–Crippen LogP) is 4.46. The van der Waals surface area contributed by atoms with Gasteiger partial charge in [0.15, 0.2) is 0 Å². The first-order chi connectivity index (χ1) is 12.4. The van der Waals surface area contributed by atoms with E-state index in [2.05, 4.69) is 5.32 Å². The van der Waals surface area contributed by atoms with Crippen molar-refractivity contribution in [3.8, 4) is 5.75 Å². The second-order valence-corrected chi connectivity index (χ2v) is 7.80. The zero-order valence-electron chi connectivity index (χ0n) is 16.8. The van der Waals surface area contributed by atoms with Crippen LogP contribution in [-0.2, 0) is 16.6 Å². The van der Waals surface area contributed by atoms with E-state index in [1.165, 1.54) is 0 Å². The lowest BCUT2D eigenvalue weighted by atomic mass is 9.51. The third kappa shape index (κ3) is 3.15. The molecule has 4 nitrogen and oxygen atoms in total. The van der Waals surface area contributed by atoms with E-state index < -0.39 is 23.5 Å². The van der Waals surface area contributed by atoms with Gasteiger partial charge in [-0.1, -0.05) is 34.6 Å². The number of alkyl halides is 3. The van der Waals surface area contributed by atoms with Crippen molar-refractivity contribution in [1.82, 2.24) is 4.90 Å². The predicted molar refractivity (Wildman–Crippen MR) is 100 cm³/mol. The maximum absolute atomic E-state index is 13.0. The number of hydrogen-bond donors (Lipinski definition) is 2. The van der Waals surface area contributed by atoms with E-state index in [1.54, 1.807) is 13.1 Å². The van der Waals surface area contributed by atoms with Gasteiger partial charge in [-0.3, -0.25) is 4.79 Å². The van der Waals surface area contributed by atoms with Crippen molar-refractivity contribution in [2.75, 3.05) is 18.9 Å². The molecule has 3 rings (SSSR count). The fourth-order valence-electron chi connectivity index (χ4n) is 4.56. The highest BCUT2D eigenvalue weighted by Crippen LogP contribution is 2.57. The molecule has 1 aliphatic carbocycles. The lowest BCUT2D eigenvalue weighted by Crippen LogP contribution is -2.66. The van der Waals surface area contributed by atoms with Crippen LogP contribution in [0.4, 0.5) is 18.9 Å². The van der Waals surface area contributed by atoms with E-state index in [0.29, 0.717) is 18.5 Å². The molecule has 0 radical (unpaired) electrons. The van der Waals surface area contributed by atoms with Crippen LogP contribution in [0.25, 0.3) is 0 Å². The van der Waals surface area contributed by atoms with Gasteiger partial charge in [0.2, 0.25) is 0 Å². The maximum atomic E-state index is 13.0. The first-order valence-electron chi connectivity index (χ1n) is 9.35. The summed E-state index contributed by atoms with van der Waals surface area (Å²) in [6.45, 7) is 9.99. The molecule has 2 bridgehead atoms. The van der Waals surface area contributed by atoms with Gasteiger partial charge in [-0.2, -0.15) is 13.2 Å². The molecule has 0 saturated carbocycles. The molecule has 0 aromatic heterocycles. The highest BCUT2D eigenvalue weighted by atomic mass is 19.4. The van der Waals surface area contributed by atoms with Crippen LogP contribution in [0.5, 0.6) is 5.75 Å². The zero-order valence-corrected chi connectivity index (χ0v) is 16.8. The summed E-state index contributed by atoms with van der Waals surface area (Å²) < 4.78 is 39.1. The van der Waals surface area contributed by atoms with Crippen LogP contribution >= 0.6 is 0 Å². The molecular weight excluding hydrogens is 357 g/mol. The van der Waals surface area contributed by atoms with E-state index in [0.717, 1.165) is 16.0 Å². The molecule has 1 amide bonds. The quantitative estimate of drug-likeness (QED) is 0.701. The summed E-state index contributed by atoms with van der Waals surface area (Å²) in [7, 11) is 1.71. The van der Waals surface area contributed by atoms with Crippen LogP contribution in [0.1, 0.15) is 52.2 Å². The van der Waals surface area contributed by atoms with E-state index in [9.17, 15) is 23.1 Å². The number of aromatic hydroxyl groups is 1. The number of piperidine rings is 1. The third-order valence-corrected chi connectivity index (χ3v) is 6.49. The summed E-state index contributed by atoms with van der Waals surface area (Å²) >= 11 is 0. The Labute approximate surface area is 158 Å². The molecule has 27 heavy (non-hydrogen) atoms. The molecule has 1 heterocycles. The average molecular weight is 386 g/mol. The summed E-state index contributed by atoms with van der Waals surface area (Å²) in [6, 6.07) is 2.94. The minimum absolute atomic E-state index is 0.0660. The van der Waals surface area contributed by atoms with Gasteiger partial charge >= 0.3 is 12.1 Å². The van der Waals surface area contributed by atoms with Crippen molar-refractivity contribution in [1.29, 1.82) is 0 Å². The molecule has 152 valence electrons. The van der Waals surface area contributed by atoms with Crippen molar-refractivity contribution in [2.24, 2.45) is 5.41 Å². The Hall–Kier alpha value is -1.92. The molecule has 2 aliphatic rings. The number of nitrogens with zero attached hydrogens (tertiary/aromatic N) is 1. The molecule has 1 unspecified atom stereocenters. The van der Waals surface area contributed by atoms with Crippen LogP contribution in [0.15, 0.2) is 12.1 Å². The number of anilines is 1. The third-order valence-electron chi connectivity index (χ3n) is 6.49. The number of carbonyl (C=O) groups is 1. The number of phenols is 1. The van der Waals surface area contributed by atoms with Gasteiger partial charge in [-0.05, 0) is 41.5 Å². The Kier molecular flexibility index (Phi) is 5.47. The van der Waals surface area contributed by atoms with E-state index in [4.69, 9.17) is 0 Å². The summed E-state index contributed by atoms with van der Waals surface area (Å²) in [5, 5.41) is 13.1. The first-order valence-corrected chi connectivity index (χ1v) is 9.35. The molecule has 1 aromatic carbocycles. The van der Waals surface area contributed by atoms with Crippen LogP contribution in [-0.4, -0.2) is 41.7 Å². The van der Waals surface area contributed by atoms with Gasteiger partial charge in [-0.15, -0.1) is 0 Å². The molecule has 1 saturated heterocycles. The van der Waals surface area contributed by atoms with Crippen molar-refractivity contribution in [2.45, 2.75) is 65.1 Å².